The number of rotatable bonds is 3. The van der Waals surface area contributed by atoms with Crippen LogP contribution < -0.4 is 0 Å². The van der Waals surface area contributed by atoms with Gasteiger partial charge in [0.15, 0.2) is 0 Å². The van der Waals surface area contributed by atoms with Crippen LogP contribution in [0.4, 0.5) is 0 Å². The van der Waals surface area contributed by atoms with E-state index in [0.717, 1.165) is 26.1 Å². The molecule has 2 aromatic rings. The second-order valence-corrected chi connectivity index (χ2v) is 6.07. The van der Waals surface area contributed by atoms with E-state index in [2.05, 4.69) is 41.3 Å². The summed E-state index contributed by atoms with van der Waals surface area (Å²) in [5.41, 5.74) is 2.54. The maximum absolute atomic E-state index is 6.26. The molecule has 1 atom stereocenters. The van der Waals surface area contributed by atoms with Crippen LogP contribution in [0.25, 0.3) is 0 Å². The summed E-state index contributed by atoms with van der Waals surface area (Å²) in [6, 6.07) is 17.5. The first kappa shape index (κ1) is 13.9. The van der Waals surface area contributed by atoms with E-state index < -0.39 is 0 Å². The van der Waals surface area contributed by atoms with Gasteiger partial charge in [-0.3, -0.25) is 4.90 Å². The molecule has 2 aromatic carbocycles. The summed E-state index contributed by atoms with van der Waals surface area (Å²) in [5.74, 6) is 0.486. The van der Waals surface area contributed by atoms with Gasteiger partial charge < -0.3 is 0 Å². The molecule has 0 aromatic heterocycles. The van der Waals surface area contributed by atoms with Gasteiger partial charge in [-0.1, -0.05) is 59.6 Å². The summed E-state index contributed by atoms with van der Waals surface area (Å²) in [6.07, 6.45) is 1.14. The normalized spacial score (nSPS) is 19.4. The van der Waals surface area contributed by atoms with E-state index in [9.17, 15) is 0 Å². The van der Waals surface area contributed by atoms with Gasteiger partial charge in [-0.25, -0.2) is 0 Å². The number of likely N-dealkylation sites (tertiary alicyclic amines) is 1. The van der Waals surface area contributed by atoms with Crippen LogP contribution in [0.5, 0.6) is 0 Å². The average molecular weight is 305 g/mol. The summed E-state index contributed by atoms with van der Waals surface area (Å²) in [6.45, 7) is 3.16. The van der Waals surface area contributed by atoms with Gasteiger partial charge in [0, 0.05) is 19.2 Å². The Morgan fingerprint density at radius 3 is 2.65 bits per heavy atom. The van der Waals surface area contributed by atoms with Crippen LogP contribution in [0.15, 0.2) is 42.5 Å². The third-order valence-electron chi connectivity index (χ3n) is 3.85. The Morgan fingerprint density at radius 2 is 1.90 bits per heavy atom. The van der Waals surface area contributed by atoms with E-state index in [0.29, 0.717) is 16.0 Å². The molecular formula is C17H16Cl2N. The Labute approximate surface area is 130 Å². The summed E-state index contributed by atoms with van der Waals surface area (Å²) < 4.78 is 0. The lowest BCUT2D eigenvalue weighted by Gasteiger charge is -2.17. The SMILES string of the molecule is Clc1[c]c(Cl)c(C2CCN(Cc3ccccc3)C2)cc1. The quantitative estimate of drug-likeness (QED) is 0.788. The van der Waals surface area contributed by atoms with Crippen molar-refractivity contribution in [1.82, 2.24) is 4.90 Å². The third-order valence-corrected chi connectivity index (χ3v) is 4.39. The lowest BCUT2D eigenvalue weighted by atomic mass is 9.98. The fourth-order valence-corrected chi connectivity index (χ4v) is 3.37. The maximum atomic E-state index is 6.26. The van der Waals surface area contributed by atoms with Gasteiger partial charge in [-0.2, -0.15) is 0 Å². The molecule has 1 fully saturated rings. The highest BCUT2D eigenvalue weighted by atomic mass is 35.5. The standard InChI is InChI=1S/C17H16Cl2N/c18-15-6-7-16(17(19)10-15)14-8-9-20(12-14)11-13-4-2-1-3-5-13/h1-7,14H,8-9,11-12H2. The highest BCUT2D eigenvalue weighted by molar-refractivity contribution is 6.34. The zero-order chi connectivity index (χ0) is 13.9. The van der Waals surface area contributed by atoms with Crippen LogP contribution in [-0.4, -0.2) is 18.0 Å². The molecule has 0 aliphatic carbocycles. The van der Waals surface area contributed by atoms with E-state index in [1.165, 1.54) is 11.1 Å². The summed E-state index contributed by atoms with van der Waals surface area (Å²) in [4.78, 5) is 2.48. The van der Waals surface area contributed by atoms with Crippen molar-refractivity contribution in [2.24, 2.45) is 0 Å². The monoisotopic (exact) mass is 304 g/mol. The highest BCUT2D eigenvalue weighted by Crippen LogP contribution is 2.33. The average Bonchev–Trinajstić information content (AvgIpc) is 2.88. The van der Waals surface area contributed by atoms with Gasteiger partial charge in [0.05, 0.1) is 10.0 Å². The van der Waals surface area contributed by atoms with Crippen molar-refractivity contribution in [3.05, 3.63) is 69.7 Å². The molecule has 1 saturated heterocycles. The smallest absolute Gasteiger partial charge is 0.0535 e. The van der Waals surface area contributed by atoms with Gasteiger partial charge in [-0.05, 0) is 36.1 Å². The van der Waals surface area contributed by atoms with Crippen LogP contribution >= 0.6 is 23.2 Å². The van der Waals surface area contributed by atoms with Crippen molar-refractivity contribution in [3.8, 4) is 0 Å². The Bertz CT molecular complexity index is 583. The molecule has 1 heterocycles. The summed E-state index contributed by atoms with van der Waals surface area (Å²) in [5, 5.41) is 1.25. The van der Waals surface area contributed by atoms with Crippen molar-refractivity contribution in [1.29, 1.82) is 0 Å². The van der Waals surface area contributed by atoms with E-state index in [4.69, 9.17) is 23.2 Å². The summed E-state index contributed by atoms with van der Waals surface area (Å²) >= 11 is 12.2. The van der Waals surface area contributed by atoms with Crippen LogP contribution in [-0.2, 0) is 6.54 Å². The molecule has 1 aliphatic heterocycles. The lowest BCUT2D eigenvalue weighted by Crippen LogP contribution is -2.19. The largest absolute Gasteiger partial charge is 0.298 e. The van der Waals surface area contributed by atoms with Crippen molar-refractivity contribution >= 4 is 23.2 Å². The number of nitrogens with zero attached hydrogens (tertiary/aromatic N) is 1. The van der Waals surface area contributed by atoms with Gasteiger partial charge in [-0.15, -0.1) is 0 Å². The molecule has 20 heavy (non-hydrogen) atoms. The van der Waals surface area contributed by atoms with Gasteiger partial charge in [0.1, 0.15) is 0 Å². The van der Waals surface area contributed by atoms with Crippen molar-refractivity contribution < 1.29 is 0 Å². The first-order valence-electron chi connectivity index (χ1n) is 6.86. The molecule has 3 rings (SSSR count). The minimum absolute atomic E-state index is 0.486. The molecule has 103 valence electrons. The first-order chi connectivity index (χ1) is 9.72. The Balaban J connectivity index is 1.67. The molecule has 0 bridgehead atoms. The van der Waals surface area contributed by atoms with Crippen molar-refractivity contribution in [3.63, 3.8) is 0 Å². The second kappa shape index (κ2) is 6.17. The van der Waals surface area contributed by atoms with Gasteiger partial charge >= 0.3 is 0 Å². The molecule has 1 unspecified atom stereocenters. The topological polar surface area (TPSA) is 3.24 Å². The fourth-order valence-electron chi connectivity index (χ4n) is 2.84. The Hall–Kier alpha value is -1.02. The van der Waals surface area contributed by atoms with Crippen LogP contribution in [0.3, 0.4) is 0 Å². The highest BCUT2D eigenvalue weighted by Gasteiger charge is 2.25. The molecule has 0 amide bonds. The predicted octanol–water partition coefficient (Wildman–Crippen LogP) is 4.78. The minimum Gasteiger partial charge on any atom is -0.298 e. The minimum atomic E-state index is 0.486. The number of hydrogen-bond donors (Lipinski definition) is 0. The second-order valence-electron chi connectivity index (χ2n) is 5.28. The Morgan fingerprint density at radius 1 is 1.10 bits per heavy atom. The molecule has 1 aliphatic rings. The summed E-state index contributed by atoms with van der Waals surface area (Å²) in [7, 11) is 0. The van der Waals surface area contributed by atoms with E-state index in [-0.39, 0.29) is 0 Å². The van der Waals surface area contributed by atoms with Gasteiger partial charge in [0.2, 0.25) is 0 Å². The molecule has 1 radical (unpaired) electrons. The molecular weight excluding hydrogens is 289 g/mol. The number of halogens is 2. The van der Waals surface area contributed by atoms with Gasteiger partial charge in [0.25, 0.3) is 0 Å². The zero-order valence-corrected chi connectivity index (χ0v) is 12.7. The fraction of sp³-hybridized carbons (Fsp3) is 0.294. The van der Waals surface area contributed by atoms with E-state index in [1.54, 1.807) is 0 Å². The molecule has 1 nitrogen and oxygen atoms in total. The zero-order valence-electron chi connectivity index (χ0n) is 11.2. The van der Waals surface area contributed by atoms with Crippen molar-refractivity contribution in [2.45, 2.75) is 18.9 Å². The van der Waals surface area contributed by atoms with E-state index in [1.807, 2.05) is 12.1 Å². The Kier molecular flexibility index (Phi) is 4.30. The lowest BCUT2D eigenvalue weighted by molar-refractivity contribution is 0.327. The molecule has 0 saturated carbocycles. The van der Waals surface area contributed by atoms with Crippen LogP contribution in [0, 0.1) is 6.07 Å². The van der Waals surface area contributed by atoms with Crippen LogP contribution in [0.2, 0.25) is 10.0 Å². The van der Waals surface area contributed by atoms with Crippen molar-refractivity contribution in [2.75, 3.05) is 13.1 Å². The number of benzene rings is 2. The van der Waals surface area contributed by atoms with E-state index >= 15 is 0 Å². The molecule has 0 N–H and O–H groups in total. The first-order valence-corrected chi connectivity index (χ1v) is 7.61. The molecule has 3 heteroatoms. The van der Waals surface area contributed by atoms with Crippen LogP contribution in [0.1, 0.15) is 23.5 Å². The maximum Gasteiger partial charge on any atom is 0.0535 e. The number of hydrogen-bond acceptors (Lipinski definition) is 1. The molecule has 0 spiro atoms. The predicted molar refractivity (Wildman–Crippen MR) is 84.4 cm³/mol. The third kappa shape index (κ3) is 3.17.